The number of ether oxygens (including phenoxy) is 1. The molecule has 4 heteroatoms. The molecule has 1 aliphatic carbocycles. The smallest absolute Gasteiger partial charge is 0.0723 e. The van der Waals surface area contributed by atoms with Gasteiger partial charge in [0, 0.05) is 29.6 Å². The molecular weight excluding hydrogens is 316 g/mol. The summed E-state index contributed by atoms with van der Waals surface area (Å²) in [4.78, 5) is 2.44. The Morgan fingerprint density at radius 3 is 2.85 bits per heavy atom. The van der Waals surface area contributed by atoms with Crippen LogP contribution in [0.3, 0.4) is 0 Å². The Morgan fingerprint density at radius 2 is 2.15 bits per heavy atom. The van der Waals surface area contributed by atoms with Crippen molar-refractivity contribution in [2.24, 2.45) is 0 Å². The van der Waals surface area contributed by atoms with Gasteiger partial charge >= 0.3 is 0 Å². The highest BCUT2D eigenvalue weighted by Gasteiger charge is 2.25. The molecule has 0 amide bonds. The number of hydrogen-bond acceptors (Lipinski definition) is 3. The van der Waals surface area contributed by atoms with Crippen molar-refractivity contribution in [1.82, 2.24) is 5.32 Å². The van der Waals surface area contributed by atoms with E-state index in [-0.39, 0.29) is 0 Å². The summed E-state index contributed by atoms with van der Waals surface area (Å²) in [5.74, 6) is 0. The quantitative estimate of drug-likeness (QED) is 0.911. The van der Waals surface area contributed by atoms with Crippen LogP contribution < -0.4 is 10.2 Å². The predicted molar refractivity (Wildman–Crippen MR) is 86.2 cm³/mol. The summed E-state index contributed by atoms with van der Waals surface area (Å²) in [6.45, 7) is 7.10. The molecule has 3 nitrogen and oxygen atoms in total. The maximum absolute atomic E-state index is 5.71. The molecular formula is C16H23BrN2O. The number of morpholine rings is 1. The minimum Gasteiger partial charge on any atom is -0.375 e. The predicted octanol–water partition coefficient (Wildman–Crippen LogP) is 3.31. The fourth-order valence-corrected chi connectivity index (χ4v) is 3.34. The number of anilines is 1. The summed E-state index contributed by atoms with van der Waals surface area (Å²) in [5, 5.41) is 3.56. The van der Waals surface area contributed by atoms with Gasteiger partial charge in [0.1, 0.15) is 0 Å². The van der Waals surface area contributed by atoms with Gasteiger partial charge in [-0.2, -0.15) is 0 Å². The third-order valence-electron chi connectivity index (χ3n) is 4.10. The second kappa shape index (κ2) is 6.04. The first kappa shape index (κ1) is 14.4. The number of nitrogens with zero attached hydrogens (tertiary/aromatic N) is 1. The molecule has 0 aromatic heterocycles. The highest BCUT2D eigenvalue weighted by molar-refractivity contribution is 9.10. The Balaban J connectivity index is 1.71. The maximum atomic E-state index is 5.71. The lowest BCUT2D eigenvalue weighted by atomic mass is 10.1. The Hall–Kier alpha value is -0.580. The van der Waals surface area contributed by atoms with Crippen LogP contribution in [-0.2, 0) is 11.3 Å². The molecule has 1 saturated carbocycles. The fraction of sp³-hybridized carbons (Fsp3) is 0.625. The number of rotatable bonds is 4. The van der Waals surface area contributed by atoms with E-state index in [9.17, 15) is 0 Å². The van der Waals surface area contributed by atoms with Crippen molar-refractivity contribution in [2.75, 3.05) is 18.1 Å². The van der Waals surface area contributed by atoms with E-state index in [4.69, 9.17) is 4.74 Å². The van der Waals surface area contributed by atoms with E-state index in [1.54, 1.807) is 0 Å². The van der Waals surface area contributed by atoms with E-state index in [0.29, 0.717) is 12.1 Å². The zero-order chi connectivity index (χ0) is 14.1. The van der Waals surface area contributed by atoms with Crippen molar-refractivity contribution in [2.45, 2.75) is 51.4 Å². The molecule has 0 bridgehead atoms. The van der Waals surface area contributed by atoms with Gasteiger partial charge in [-0.25, -0.2) is 0 Å². The molecule has 1 aromatic rings. The monoisotopic (exact) mass is 338 g/mol. The largest absolute Gasteiger partial charge is 0.375 e. The van der Waals surface area contributed by atoms with Crippen molar-refractivity contribution in [1.29, 1.82) is 0 Å². The summed E-state index contributed by atoms with van der Waals surface area (Å²) < 4.78 is 6.90. The fourth-order valence-electron chi connectivity index (χ4n) is 2.68. The minimum absolute atomic E-state index is 0.300. The van der Waals surface area contributed by atoms with Crippen LogP contribution in [-0.4, -0.2) is 31.3 Å². The molecule has 2 aliphatic rings. The topological polar surface area (TPSA) is 24.5 Å². The highest BCUT2D eigenvalue weighted by atomic mass is 79.9. The minimum atomic E-state index is 0.300. The van der Waals surface area contributed by atoms with Crippen molar-refractivity contribution >= 4 is 21.6 Å². The molecule has 20 heavy (non-hydrogen) atoms. The van der Waals surface area contributed by atoms with Gasteiger partial charge in [-0.15, -0.1) is 0 Å². The molecule has 110 valence electrons. The van der Waals surface area contributed by atoms with Gasteiger partial charge in [0.2, 0.25) is 0 Å². The Morgan fingerprint density at radius 1 is 1.35 bits per heavy atom. The first-order valence-corrected chi connectivity index (χ1v) is 8.33. The van der Waals surface area contributed by atoms with Crippen LogP contribution in [0.5, 0.6) is 0 Å². The molecule has 1 aliphatic heterocycles. The van der Waals surface area contributed by atoms with E-state index in [0.717, 1.165) is 25.7 Å². The van der Waals surface area contributed by atoms with Crippen molar-refractivity contribution < 1.29 is 4.74 Å². The standard InChI is InChI=1S/C16H23BrN2O/c1-11-10-20-12(2)9-19(11)16-6-3-13(7-15(16)17)8-18-14-4-5-14/h3,6-7,11-12,14,18H,4-5,8-10H2,1-2H3. The van der Waals surface area contributed by atoms with Crippen molar-refractivity contribution in [3.05, 3.63) is 28.2 Å². The van der Waals surface area contributed by atoms with Gasteiger partial charge in [-0.1, -0.05) is 6.07 Å². The van der Waals surface area contributed by atoms with Crippen LogP contribution in [0.4, 0.5) is 5.69 Å². The summed E-state index contributed by atoms with van der Waals surface area (Å²) in [6.07, 6.45) is 2.97. The van der Waals surface area contributed by atoms with Gasteiger partial charge in [-0.05, 0) is 60.3 Å². The second-order valence-electron chi connectivity index (χ2n) is 6.09. The van der Waals surface area contributed by atoms with E-state index in [1.165, 1.54) is 28.6 Å². The second-order valence-corrected chi connectivity index (χ2v) is 6.94. The number of hydrogen-bond donors (Lipinski definition) is 1. The third-order valence-corrected chi connectivity index (χ3v) is 4.74. The molecule has 0 radical (unpaired) electrons. The van der Waals surface area contributed by atoms with Crippen molar-refractivity contribution in [3.8, 4) is 0 Å². The van der Waals surface area contributed by atoms with Gasteiger partial charge in [-0.3, -0.25) is 0 Å². The van der Waals surface area contributed by atoms with Crippen LogP contribution in [0.15, 0.2) is 22.7 Å². The van der Waals surface area contributed by atoms with E-state index in [2.05, 4.69) is 58.2 Å². The molecule has 1 aromatic carbocycles. The SMILES string of the molecule is CC1CN(c2ccc(CNC3CC3)cc2Br)C(C)CO1. The van der Waals surface area contributed by atoms with Gasteiger partial charge < -0.3 is 15.0 Å². The molecule has 2 atom stereocenters. The van der Waals surface area contributed by atoms with Gasteiger partial charge in [0.15, 0.2) is 0 Å². The number of benzene rings is 1. The molecule has 0 spiro atoms. The maximum Gasteiger partial charge on any atom is 0.0723 e. The third kappa shape index (κ3) is 3.35. The lowest BCUT2D eigenvalue weighted by Gasteiger charge is -2.39. The average molecular weight is 339 g/mol. The Labute approximate surface area is 129 Å². The average Bonchev–Trinajstić information content (AvgIpc) is 3.24. The first-order valence-electron chi connectivity index (χ1n) is 7.53. The summed E-state index contributed by atoms with van der Waals surface area (Å²) in [5.41, 5.74) is 2.63. The van der Waals surface area contributed by atoms with Crippen LogP contribution in [0.1, 0.15) is 32.3 Å². The molecule has 1 N–H and O–H groups in total. The highest BCUT2D eigenvalue weighted by Crippen LogP contribution is 2.31. The first-order chi connectivity index (χ1) is 9.63. The molecule has 3 rings (SSSR count). The van der Waals surface area contributed by atoms with E-state index >= 15 is 0 Å². The summed E-state index contributed by atoms with van der Waals surface area (Å²) in [6, 6.07) is 7.91. The van der Waals surface area contributed by atoms with Gasteiger partial charge in [0.25, 0.3) is 0 Å². The zero-order valence-corrected chi connectivity index (χ0v) is 13.8. The van der Waals surface area contributed by atoms with Crippen LogP contribution >= 0.6 is 15.9 Å². The lowest BCUT2D eigenvalue weighted by Crippen LogP contribution is -2.47. The molecule has 1 heterocycles. The zero-order valence-electron chi connectivity index (χ0n) is 12.2. The van der Waals surface area contributed by atoms with Gasteiger partial charge in [0.05, 0.1) is 18.4 Å². The molecule has 1 saturated heterocycles. The number of nitrogens with one attached hydrogen (secondary N) is 1. The Bertz CT molecular complexity index is 476. The van der Waals surface area contributed by atoms with Crippen LogP contribution in [0.2, 0.25) is 0 Å². The Kier molecular flexibility index (Phi) is 4.34. The van der Waals surface area contributed by atoms with Crippen molar-refractivity contribution in [3.63, 3.8) is 0 Å². The van der Waals surface area contributed by atoms with E-state index in [1.807, 2.05) is 0 Å². The summed E-state index contributed by atoms with van der Waals surface area (Å²) >= 11 is 3.74. The van der Waals surface area contributed by atoms with Crippen LogP contribution in [0, 0.1) is 0 Å². The number of halogens is 1. The normalized spacial score (nSPS) is 26.9. The lowest BCUT2D eigenvalue weighted by molar-refractivity contribution is 0.0343. The van der Waals surface area contributed by atoms with Crippen LogP contribution in [0.25, 0.3) is 0 Å². The summed E-state index contributed by atoms with van der Waals surface area (Å²) in [7, 11) is 0. The molecule has 2 fully saturated rings. The molecule has 2 unspecified atom stereocenters. The van der Waals surface area contributed by atoms with E-state index < -0.39 is 0 Å².